The van der Waals surface area contributed by atoms with E-state index in [0.717, 1.165) is 27.5 Å². The van der Waals surface area contributed by atoms with Crippen LogP contribution in [0.5, 0.6) is 0 Å². The largest absolute Gasteiger partial charge is 0.391 e. The average molecular weight is 628 g/mol. The summed E-state index contributed by atoms with van der Waals surface area (Å²) in [7, 11) is 0. The Kier molecular flexibility index (Phi) is 11.8. The molecule has 0 saturated carbocycles. The zero-order valence-electron chi connectivity index (χ0n) is 22.2. The van der Waals surface area contributed by atoms with Gasteiger partial charge in [-0.3, -0.25) is 9.59 Å². The summed E-state index contributed by atoms with van der Waals surface area (Å²) < 4.78 is 1.15. The minimum Gasteiger partial charge on any atom is -0.391 e. The zero-order valence-corrected chi connectivity index (χ0v) is 24.4. The van der Waals surface area contributed by atoms with E-state index in [4.69, 9.17) is 5.73 Å². The van der Waals surface area contributed by atoms with Gasteiger partial charge in [0.1, 0.15) is 0 Å². The summed E-state index contributed by atoms with van der Waals surface area (Å²) in [5.74, 6) is -1.26. The van der Waals surface area contributed by atoms with Crippen molar-refractivity contribution < 1.29 is 14.7 Å². The Morgan fingerprint density at radius 2 is 1.55 bits per heavy atom. The number of aliphatic hydroxyl groups is 1. The first kappa shape index (κ1) is 29.8. The smallest absolute Gasteiger partial charge is 0.254 e. The molecule has 0 aliphatic heterocycles. The maximum Gasteiger partial charge on any atom is 0.254 e. The second kappa shape index (κ2) is 15.0. The van der Waals surface area contributed by atoms with Gasteiger partial charge >= 0.3 is 0 Å². The molecule has 4 N–H and O–H groups in total. The Bertz CT molecular complexity index is 1200. The number of benzene rings is 3. The summed E-state index contributed by atoms with van der Waals surface area (Å²) in [6, 6.07) is 23.1. The van der Waals surface area contributed by atoms with Crippen molar-refractivity contribution in [2.24, 2.45) is 5.73 Å². The minimum atomic E-state index is -0.865. The van der Waals surface area contributed by atoms with Gasteiger partial charge in [0.05, 0.1) is 6.10 Å². The molecule has 0 heterocycles. The minimum absolute atomic E-state index is 0.135. The van der Waals surface area contributed by atoms with Crippen molar-refractivity contribution in [2.75, 3.05) is 19.6 Å². The first-order chi connectivity index (χ1) is 18.3. The number of amides is 2. The molecule has 3 rings (SSSR count). The number of hydrogen-bond donors (Lipinski definition) is 3. The molecule has 0 unspecified atom stereocenters. The number of primary amides is 1. The molecular weight excluding hydrogens is 589 g/mol. The molecule has 0 bridgehead atoms. The van der Waals surface area contributed by atoms with Crippen LogP contribution in [0.3, 0.4) is 0 Å². The fraction of sp³-hybridized carbons (Fsp3) is 0.355. The van der Waals surface area contributed by atoms with Gasteiger partial charge in [0.2, 0.25) is 5.91 Å². The van der Waals surface area contributed by atoms with Crippen LogP contribution < -0.4 is 11.1 Å². The third kappa shape index (κ3) is 8.12. The molecule has 0 saturated heterocycles. The SMILES string of the molecule is CCCN(CCC)C(=O)c1cccc(C(N)=O)c1[C@H](Cc1ccccc1)[C@@H](O)CNCc1cccc(I)c1. The zero-order chi connectivity index (χ0) is 27.5. The number of nitrogens with one attached hydrogen (secondary N) is 1. The summed E-state index contributed by atoms with van der Waals surface area (Å²) in [5, 5.41) is 14.9. The molecule has 0 spiro atoms. The molecule has 38 heavy (non-hydrogen) atoms. The van der Waals surface area contributed by atoms with Crippen LogP contribution in [0.1, 0.15) is 70.0 Å². The number of aliphatic hydroxyl groups excluding tert-OH is 1. The number of rotatable bonds is 14. The Morgan fingerprint density at radius 3 is 2.18 bits per heavy atom. The lowest BCUT2D eigenvalue weighted by Gasteiger charge is -2.29. The molecular formula is C31H38IN3O3. The summed E-state index contributed by atoms with van der Waals surface area (Å²) in [4.78, 5) is 28.3. The predicted molar refractivity (Wildman–Crippen MR) is 161 cm³/mol. The molecule has 3 aromatic rings. The third-order valence-electron chi connectivity index (χ3n) is 6.58. The van der Waals surface area contributed by atoms with Crippen molar-refractivity contribution in [1.29, 1.82) is 0 Å². The normalized spacial score (nSPS) is 12.6. The number of carbonyl (C=O) groups excluding carboxylic acids is 2. The monoisotopic (exact) mass is 627 g/mol. The van der Waals surface area contributed by atoms with Gasteiger partial charge in [0.15, 0.2) is 0 Å². The molecule has 0 fully saturated rings. The van der Waals surface area contributed by atoms with Gasteiger partial charge in [-0.05, 0) is 82.8 Å². The summed E-state index contributed by atoms with van der Waals surface area (Å²) >= 11 is 2.28. The quantitative estimate of drug-likeness (QED) is 0.216. The van der Waals surface area contributed by atoms with Gasteiger partial charge in [-0.15, -0.1) is 0 Å². The van der Waals surface area contributed by atoms with Crippen LogP contribution in [0.25, 0.3) is 0 Å². The van der Waals surface area contributed by atoms with E-state index in [1.165, 1.54) is 0 Å². The molecule has 6 nitrogen and oxygen atoms in total. The van der Waals surface area contributed by atoms with Crippen molar-refractivity contribution in [1.82, 2.24) is 10.2 Å². The Balaban J connectivity index is 2.01. The van der Waals surface area contributed by atoms with Crippen LogP contribution in [0, 0.1) is 3.57 Å². The highest BCUT2D eigenvalue weighted by atomic mass is 127. The van der Waals surface area contributed by atoms with Crippen LogP contribution in [0.4, 0.5) is 0 Å². The lowest BCUT2D eigenvalue weighted by molar-refractivity contribution is 0.0751. The lowest BCUT2D eigenvalue weighted by Crippen LogP contribution is -2.37. The molecule has 3 aromatic carbocycles. The Morgan fingerprint density at radius 1 is 0.921 bits per heavy atom. The van der Waals surface area contributed by atoms with Crippen molar-refractivity contribution in [3.8, 4) is 0 Å². The fourth-order valence-electron chi connectivity index (χ4n) is 4.84. The topological polar surface area (TPSA) is 95.7 Å². The first-order valence-corrected chi connectivity index (χ1v) is 14.3. The van der Waals surface area contributed by atoms with Gasteiger partial charge in [0, 0.05) is 46.8 Å². The standard InChI is InChI=1S/C31H38IN3O3/c1-3-16-35(17-4-2)31(38)26-15-9-14-25(30(33)37)29(26)27(19-22-10-6-5-7-11-22)28(36)21-34-20-23-12-8-13-24(32)18-23/h5-15,18,27-28,34,36H,3-4,16-17,19-21H2,1-2H3,(H2,33,37)/t27-,28+/m1/s1. The summed E-state index contributed by atoms with van der Waals surface area (Å²) in [5.41, 5.74) is 9.19. The van der Waals surface area contributed by atoms with Gasteiger partial charge in [-0.25, -0.2) is 0 Å². The number of nitrogens with two attached hydrogens (primary N) is 1. The van der Waals surface area contributed by atoms with E-state index in [0.29, 0.717) is 37.2 Å². The summed E-state index contributed by atoms with van der Waals surface area (Å²) in [6.45, 7) is 6.20. The fourth-order valence-corrected chi connectivity index (χ4v) is 5.45. The van der Waals surface area contributed by atoms with Crippen LogP contribution in [0.15, 0.2) is 72.8 Å². The molecule has 0 radical (unpaired) electrons. The molecule has 0 aliphatic carbocycles. The van der Waals surface area contributed by atoms with Gasteiger partial charge in [-0.2, -0.15) is 0 Å². The number of hydrogen-bond acceptors (Lipinski definition) is 4. The third-order valence-corrected chi connectivity index (χ3v) is 7.25. The van der Waals surface area contributed by atoms with E-state index in [9.17, 15) is 14.7 Å². The average Bonchev–Trinajstić information content (AvgIpc) is 2.91. The van der Waals surface area contributed by atoms with Crippen molar-refractivity contribution in [3.05, 3.63) is 104 Å². The van der Waals surface area contributed by atoms with E-state index in [1.807, 2.05) is 67.3 Å². The maximum atomic E-state index is 13.8. The number of carbonyl (C=O) groups is 2. The van der Waals surface area contributed by atoms with Crippen LogP contribution in [-0.4, -0.2) is 47.6 Å². The highest BCUT2D eigenvalue weighted by Crippen LogP contribution is 2.32. The van der Waals surface area contributed by atoms with Crippen molar-refractivity contribution >= 4 is 34.4 Å². The molecule has 2 atom stereocenters. The van der Waals surface area contributed by atoms with Gasteiger partial charge in [0.25, 0.3) is 5.91 Å². The molecule has 202 valence electrons. The Labute approximate surface area is 239 Å². The van der Waals surface area contributed by atoms with E-state index in [2.05, 4.69) is 34.0 Å². The molecule has 7 heteroatoms. The van der Waals surface area contributed by atoms with E-state index >= 15 is 0 Å². The second-order valence-electron chi connectivity index (χ2n) is 9.55. The van der Waals surface area contributed by atoms with E-state index < -0.39 is 17.9 Å². The van der Waals surface area contributed by atoms with E-state index in [-0.39, 0.29) is 18.0 Å². The lowest BCUT2D eigenvalue weighted by atomic mass is 9.81. The number of halogens is 1. The summed E-state index contributed by atoms with van der Waals surface area (Å²) in [6.07, 6.45) is 1.25. The highest BCUT2D eigenvalue weighted by Gasteiger charge is 2.31. The molecule has 0 aromatic heterocycles. The predicted octanol–water partition coefficient (Wildman–Crippen LogP) is 5.13. The van der Waals surface area contributed by atoms with E-state index in [1.54, 1.807) is 18.2 Å². The van der Waals surface area contributed by atoms with Crippen molar-refractivity contribution in [3.63, 3.8) is 0 Å². The maximum absolute atomic E-state index is 13.8. The Hall–Kier alpha value is -2.75. The first-order valence-electron chi connectivity index (χ1n) is 13.2. The van der Waals surface area contributed by atoms with Gasteiger partial charge in [-0.1, -0.05) is 62.4 Å². The second-order valence-corrected chi connectivity index (χ2v) is 10.8. The number of nitrogens with zero attached hydrogens (tertiary/aromatic N) is 1. The van der Waals surface area contributed by atoms with Crippen LogP contribution in [-0.2, 0) is 13.0 Å². The van der Waals surface area contributed by atoms with Crippen LogP contribution in [0.2, 0.25) is 0 Å². The highest BCUT2D eigenvalue weighted by molar-refractivity contribution is 14.1. The van der Waals surface area contributed by atoms with Gasteiger partial charge < -0.3 is 21.1 Å². The van der Waals surface area contributed by atoms with Crippen LogP contribution >= 0.6 is 22.6 Å². The molecule has 0 aliphatic rings. The molecule has 2 amide bonds. The van der Waals surface area contributed by atoms with Crippen molar-refractivity contribution in [2.45, 2.75) is 51.7 Å².